The molecule has 2 aliphatic carbocycles. The Balaban J connectivity index is 1.70. The molecule has 1 aromatic rings. The van der Waals surface area contributed by atoms with Crippen molar-refractivity contribution in [1.82, 2.24) is 4.90 Å². The number of carbonyl (C=O) groups is 1. The van der Waals surface area contributed by atoms with E-state index in [1.807, 2.05) is 6.07 Å². The minimum absolute atomic E-state index is 0.181. The normalized spacial score (nSPS) is 38.4. The van der Waals surface area contributed by atoms with Crippen LogP contribution in [0.5, 0.6) is 0 Å². The minimum Gasteiger partial charge on any atom is -0.331 e. The Morgan fingerprint density at radius 2 is 2.05 bits per heavy atom. The van der Waals surface area contributed by atoms with E-state index in [-0.39, 0.29) is 11.3 Å². The summed E-state index contributed by atoms with van der Waals surface area (Å²) in [6, 6.07) is 10.7. The molecule has 0 radical (unpaired) electrons. The first kappa shape index (κ1) is 12.2. The summed E-state index contributed by atoms with van der Waals surface area (Å²) in [7, 11) is 0. The zero-order valence-electron chi connectivity index (χ0n) is 12.0. The van der Waals surface area contributed by atoms with Gasteiger partial charge in [-0.2, -0.15) is 0 Å². The summed E-state index contributed by atoms with van der Waals surface area (Å²) in [5.41, 5.74) is 1.42. The number of nitrogens with zero attached hydrogens (tertiary/aromatic N) is 1. The maximum Gasteiger partial charge on any atom is 0.227 e. The van der Waals surface area contributed by atoms with Crippen molar-refractivity contribution in [3.8, 4) is 0 Å². The molecular formula is C18H21NO. The van der Waals surface area contributed by atoms with Crippen LogP contribution in [-0.2, 0) is 11.3 Å². The van der Waals surface area contributed by atoms with Crippen molar-refractivity contribution in [3.63, 3.8) is 0 Å². The van der Waals surface area contributed by atoms with Gasteiger partial charge in [-0.1, -0.05) is 49.4 Å². The van der Waals surface area contributed by atoms with Crippen LogP contribution in [0.1, 0.15) is 31.7 Å². The second-order valence-electron chi connectivity index (χ2n) is 6.75. The third-order valence-electron chi connectivity index (χ3n) is 5.92. The number of allylic oxidation sites excluding steroid dienone is 1. The molecule has 0 N–H and O–H groups in total. The topological polar surface area (TPSA) is 20.3 Å². The van der Waals surface area contributed by atoms with Crippen LogP contribution in [0.4, 0.5) is 0 Å². The van der Waals surface area contributed by atoms with Crippen LogP contribution in [0.25, 0.3) is 0 Å². The van der Waals surface area contributed by atoms with Gasteiger partial charge in [0.05, 0.1) is 6.04 Å². The zero-order chi connectivity index (χ0) is 13.7. The van der Waals surface area contributed by atoms with Crippen LogP contribution in [0.2, 0.25) is 0 Å². The fourth-order valence-corrected chi connectivity index (χ4v) is 4.80. The molecule has 2 heteroatoms. The van der Waals surface area contributed by atoms with Gasteiger partial charge in [0.1, 0.15) is 0 Å². The first-order chi connectivity index (χ1) is 9.71. The number of amides is 1. The summed E-state index contributed by atoms with van der Waals surface area (Å²) in [6.07, 6.45) is 8.07. The van der Waals surface area contributed by atoms with E-state index >= 15 is 0 Å². The Hall–Kier alpha value is -1.57. The molecule has 3 aliphatic rings. The largest absolute Gasteiger partial charge is 0.331 e. The van der Waals surface area contributed by atoms with Gasteiger partial charge < -0.3 is 4.90 Å². The van der Waals surface area contributed by atoms with E-state index in [1.54, 1.807) is 0 Å². The summed E-state index contributed by atoms with van der Waals surface area (Å²) in [5.74, 6) is 1.34. The Kier molecular flexibility index (Phi) is 2.57. The van der Waals surface area contributed by atoms with Crippen molar-refractivity contribution >= 4 is 5.91 Å². The second-order valence-corrected chi connectivity index (χ2v) is 6.75. The molecule has 0 spiro atoms. The molecule has 1 aliphatic heterocycles. The number of hydrogen-bond acceptors (Lipinski definition) is 1. The van der Waals surface area contributed by atoms with Crippen molar-refractivity contribution in [1.29, 1.82) is 0 Å². The fourth-order valence-electron chi connectivity index (χ4n) is 4.80. The number of rotatable bonds is 2. The fraction of sp³-hybridized carbons (Fsp3) is 0.500. The molecule has 1 saturated carbocycles. The third kappa shape index (κ3) is 1.48. The van der Waals surface area contributed by atoms with E-state index in [0.29, 0.717) is 17.9 Å². The van der Waals surface area contributed by atoms with Crippen LogP contribution in [0, 0.1) is 17.3 Å². The first-order valence-corrected chi connectivity index (χ1v) is 7.72. The Bertz CT molecular complexity index is 564. The van der Waals surface area contributed by atoms with Crippen molar-refractivity contribution in [3.05, 3.63) is 48.0 Å². The minimum atomic E-state index is 0.181. The molecule has 1 amide bonds. The summed E-state index contributed by atoms with van der Waals surface area (Å²) < 4.78 is 0. The standard InChI is InChI=1S/C18H21NO/c1-18-14-8-5-9-16(18)19(17(20)15(18)11-10-14)12-13-6-3-2-4-7-13/h2-7,9,14-16H,8,10-12H2,1H3/t14-,15-,16+,18-/m1/s1. The van der Waals surface area contributed by atoms with Crippen LogP contribution in [0.3, 0.4) is 0 Å². The van der Waals surface area contributed by atoms with E-state index < -0.39 is 0 Å². The van der Waals surface area contributed by atoms with Crippen molar-refractivity contribution in [2.75, 3.05) is 0 Å². The van der Waals surface area contributed by atoms with Gasteiger partial charge >= 0.3 is 0 Å². The van der Waals surface area contributed by atoms with Crippen molar-refractivity contribution < 1.29 is 4.79 Å². The van der Waals surface area contributed by atoms with E-state index in [4.69, 9.17) is 0 Å². The highest BCUT2D eigenvalue weighted by molar-refractivity contribution is 5.84. The number of carbonyl (C=O) groups excluding carboxylic acids is 1. The van der Waals surface area contributed by atoms with Gasteiger partial charge in [-0.05, 0) is 30.7 Å². The zero-order valence-corrected chi connectivity index (χ0v) is 12.0. The predicted molar refractivity (Wildman–Crippen MR) is 78.9 cm³/mol. The average molecular weight is 267 g/mol. The summed E-state index contributed by atoms with van der Waals surface area (Å²) in [5, 5.41) is 0. The second kappa shape index (κ2) is 4.21. The molecule has 2 nitrogen and oxygen atoms in total. The van der Waals surface area contributed by atoms with Gasteiger partial charge in [-0.15, -0.1) is 0 Å². The van der Waals surface area contributed by atoms with Gasteiger partial charge in [-0.25, -0.2) is 0 Å². The number of hydrogen-bond donors (Lipinski definition) is 0. The molecule has 1 heterocycles. The van der Waals surface area contributed by atoms with Crippen LogP contribution in [0.15, 0.2) is 42.5 Å². The lowest BCUT2D eigenvalue weighted by Gasteiger charge is -2.40. The van der Waals surface area contributed by atoms with Crippen molar-refractivity contribution in [2.45, 2.75) is 38.8 Å². The molecule has 0 aromatic heterocycles. The summed E-state index contributed by atoms with van der Waals surface area (Å²) >= 11 is 0. The van der Waals surface area contributed by atoms with Gasteiger partial charge in [0.25, 0.3) is 0 Å². The maximum atomic E-state index is 12.8. The van der Waals surface area contributed by atoms with E-state index in [9.17, 15) is 4.79 Å². The highest BCUT2D eigenvalue weighted by Crippen LogP contribution is 2.59. The van der Waals surface area contributed by atoms with Gasteiger partial charge in [0, 0.05) is 17.9 Å². The van der Waals surface area contributed by atoms with Gasteiger partial charge in [0.2, 0.25) is 5.91 Å². The lowest BCUT2D eigenvalue weighted by molar-refractivity contribution is -0.132. The molecule has 1 aromatic carbocycles. The first-order valence-electron chi connectivity index (χ1n) is 7.72. The molecule has 0 bridgehead atoms. The molecule has 4 rings (SSSR count). The van der Waals surface area contributed by atoms with E-state index in [2.05, 4.69) is 48.2 Å². The Labute approximate surface area is 120 Å². The maximum absolute atomic E-state index is 12.8. The van der Waals surface area contributed by atoms with Crippen LogP contribution in [-0.4, -0.2) is 16.8 Å². The van der Waals surface area contributed by atoms with Crippen LogP contribution >= 0.6 is 0 Å². The Morgan fingerprint density at radius 1 is 1.25 bits per heavy atom. The molecule has 0 unspecified atom stereocenters. The lowest BCUT2D eigenvalue weighted by Crippen LogP contribution is -2.42. The van der Waals surface area contributed by atoms with E-state index in [1.165, 1.54) is 12.0 Å². The molecule has 104 valence electrons. The smallest absolute Gasteiger partial charge is 0.227 e. The quantitative estimate of drug-likeness (QED) is 0.752. The highest BCUT2D eigenvalue weighted by Gasteiger charge is 2.62. The third-order valence-corrected chi connectivity index (χ3v) is 5.92. The molecule has 4 atom stereocenters. The molecule has 1 saturated heterocycles. The van der Waals surface area contributed by atoms with Gasteiger partial charge in [0.15, 0.2) is 0 Å². The SMILES string of the molecule is C[C@]12[C@@H]3CC=C[C@@H]1N(Cc1ccccc1)C(=O)[C@H]2CC3. The average Bonchev–Trinajstić information content (AvgIpc) is 2.91. The van der Waals surface area contributed by atoms with E-state index in [0.717, 1.165) is 19.4 Å². The molecular weight excluding hydrogens is 246 g/mol. The summed E-state index contributed by atoms with van der Waals surface area (Å²) in [4.78, 5) is 15.0. The molecule has 20 heavy (non-hydrogen) atoms. The highest BCUT2D eigenvalue weighted by atomic mass is 16.2. The number of benzene rings is 1. The van der Waals surface area contributed by atoms with Crippen molar-refractivity contribution in [2.24, 2.45) is 17.3 Å². The van der Waals surface area contributed by atoms with Crippen LogP contribution < -0.4 is 0 Å². The Morgan fingerprint density at radius 3 is 2.85 bits per heavy atom. The predicted octanol–water partition coefficient (Wildman–Crippen LogP) is 3.39. The monoisotopic (exact) mass is 267 g/mol. The summed E-state index contributed by atoms with van der Waals surface area (Å²) in [6.45, 7) is 3.11. The molecule has 2 fully saturated rings. The number of likely N-dealkylation sites (tertiary alicyclic amines) is 1. The van der Waals surface area contributed by atoms with Gasteiger partial charge in [-0.3, -0.25) is 4.79 Å². The lowest BCUT2D eigenvalue weighted by atomic mass is 9.67.